The fourth-order valence-corrected chi connectivity index (χ4v) is 3.52. The third-order valence-corrected chi connectivity index (χ3v) is 4.58. The van der Waals surface area contributed by atoms with E-state index in [-0.39, 0.29) is 5.54 Å². The zero-order valence-corrected chi connectivity index (χ0v) is 14.0. The van der Waals surface area contributed by atoms with Gasteiger partial charge in [0.15, 0.2) is 0 Å². The summed E-state index contributed by atoms with van der Waals surface area (Å²) in [5.74, 6) is 1.22. The lowest BCUT2D eigenvalue weighted by Gasteiger charge is -2.34. The van der Waals surface area contributed by atoms with Gasteiger partial charge in [0.05, 0.1) is 16.9 Å². The Balaban J connectivity index is 2.16. The first-order valence-corrected chi connectivity index (χ1v) is 8.26. The van der Waals surface area contributed by atoms with Crippen LogP contribution in [0, 0.1) is 5.92 Å². The van der Waals surface area contributed by atoms with Gasteiger partial charge in [-0.25, -0.2) is 0 Å². The lowest BCUT2D eigenvalue weighted by molar-refractivity contribution is 0.261. The highest BCUT2D eigenvalue weighted by molar-refractivity contribution is 6.31. The van der Waals surface area contributed by atoms with Crippen LogP contribution in [0.4, 0.5) is 0 Å². The molecule has 1 aromatic rings. The van der Waals surface area contributed by atoms with Crippen molar-refractivity contribution in [3.05, 3.63) is 16.9 Å². The number of aryl methyl sites for hydroxylation is 1. The molecular weight excluding hydrogens is 270 g/mol. The number of hydrogen-bond donors (Lipinski definition) is 1. The molecule has 0 spiro atoms. The normalized spacial score (nSPS) is 24.1. The Kier molecular flexibility index (Phi) is 5.14. The second-order valence-electron chi connectivity index (χ2n) is 6.98. The van der Waals surface area contributed by atoms with E-state index in [2.05, 4.69) is 42.8 Å². The van der Waals surface area contributed by atoms with Crippen molar-refractivity contribution in [3.63, 3.8) is 0 Å². The van der Waals surface area contributed by atoms with Crippen molar-refractivity contribution in [2.24, 2.45) is 5.92 Å². The molecule has 1 aliphatic rings. The van der Waals surface area contributed by atoms with E-state index in [1.165, 1.54) is 31.4 Å². The van der Waals surface area contributed by atoms with Crippen LogP contribution in [0.25, 0.3) is 0 Å². The standard InChI is InChI=1S/C16H28ClN3/c1-5-20-15(14(17)11-19-20)13-9-7-6-8-12(13)10-18-16(2,3)4/h11-13,18H,5-10H2,1-4H3. The van der Waals surface area contributed by atoms with Crippen LogP contribution in [-0.4, -0.2) is 21.9 Å². The first-order chi connectivity index (χ1) is 9.42. The van der Waals surface area contributed by atoms with Gasteiger partial charge in [-0.05, 0) is 53.0 Å². The fourth-order valence-electron chi connectivity index (χ4n) is 3.24. The number of halogens is 1. The molecule has 1 saturated carbocycles. The smallest absolute Gasteiger partial charge is 0.0820 e. The van der Waals surface area contributed by atoms with Gasteiger partial charge in [0.1, 0.15) is 0 Å². The monoisotopic (exact) mass is 297 g/mol. The molecule has 0 aliphatic heterocycles. The average Bonchev–Trinajstić information content (AvgIpc) is 2.77. The zero-order chi connectivity index (χ0) is 14.8. The Bertz CT molecular complexity index is 433. The first-order valence-electron chi connectivity index (χ1n) is 7.88. The van der Waals surface area contributed by atoms with Crippen molar-refractivity contribution in [1.82, 2.24) is 15.1 Å². The van der Waals surface area contributed by atoms with Crippen LogP contribution in [-0.2, 0) is 6.54 Å². The molecule has 0 radical (unpaired) electrons. The minimum absolute atomic E-state index is 0.177. The highest BCUT2D eigenvalue weighted by atomic mass is 35.5. The summed E-state index contributed by atoms with van der Waals surface area (Å²) < 4.78 is 2.09. The van der Waals surface area contributed by atoms with Crippen molar-refractivity contribution < 1.29 is 0 Å². The van der Waals surface area contributed by atoms with Crippen LogP contribution in [0.15, 0.2) is 6.20 Å². The molecular formula is C16H28ClN3. The van der Waals surface area contributed by atoms with E-state index >= 15 is 0 Å². The van der Waals surface area contributed by atoms with Crippen molar-refractivity contribution in [3.8, 4) is 0 Å². The van der Waals surface area contributed by atoms with Crippen LogP contribution < -0.4 is 5.32 Å². The molecule has 0 aromatic carbocycles. The quantitative estimate of drug-likeness (QED) is 0.902. The molecule has 0 bridgehead atoms. The van der Waals surface area contributed by atoms with E-state index in [1.54, 1.807) is 0 Å². The predicted octanol–water partition coefficient (Wildman–Crippen LogP) is 4.22. The Morgan fingerprint density at radius 3 is 2.70 bits per heavy atom. The molecule has 1 aliphatic carbocycles. The van der Waals surface area contributed by atoms with E-state index in [0.717, 1.165) is 18.1 Å². The van der Waals surface area contributed by atoms with Crippen molar-refractivity contribution in [2.45, 2.75) is 71.4 Å². The number of rotatable bonds is 4. The van der Waals surface area contributed by atoms with Crippen molar-refractivity contribution in [1.29, 1.82) is 0 Å². The highest BCUT2D eigenvalue weighted by Gasteiger charge is 2.31. The zero-order valence-electron chi connectivity index (χ0n) is 13.2. The number of aromatic nitrogens is 2. The fraction of sp³-hybridized carbons (Fsp3) is 0.812. The third-order valence-electron chi connectivity index (χ3n) is 4.29. The van der Waals surface area contributed by atoms with Crippen molar-refractivity contribution >= 4 is 11.6 Å². The number of nitrogens with zero attached hydrogens (tertiary/aromatic N) is 2. The van der Waals surface area contributed by atoms with Gasteiger partial charge in [-0.15, -0.1) is 0 Å². The summed E-state index contributed by atoms with van der Waals surface area (Å²) in [7, 11) is 0. The van der Waals surface area contributed by atoms with Crippen LogP contribution in [0.2, 0.25) is 5.02 Å². The van der Waals surface area contributed by atoms with Gasteiger partial charge < -0.3 is 5.32 Å². The Hall–Kier alpha value is -0.540. The van der Waals surface area contributed by atoms with E-state index in [0.29, 0.717) is 11.8 Å². The summed E-state index contributed by atoms with van der Waals surface area (Å²) in [6, 6.07) is 0. The molecule has 0 amide bonds. The molecule has 4 heteroatoms. The largest absolute Gasteiger partial charge is 0.312 e. The van der Waals surface area contributed by atoms with E-state index in [4.69, 9.17) is 11.6 Å². The molecule has 114 valence electrons. The number of nitrogens with one attached hydrogen (secondary N) is 1. The summed E-state index contributed by atoms with van der Waals surface area (Å²) >= 11 is 6.41. The van der Waals surface area contributed by atoms with Crippen LogP contribution in [0.1, 0.15) is 65.0 Å². The molecule has 2 rings (SSSR count). The maximum Gasteiger partial charge on any atom is 0.0820 e. The van der Waals surface area contributed by atoms with Crippen LogP contribution in [0.5, 0.6) is 0 Å². The molecule has 3 nitrogen and oxygen atoms in total. The SMILES string of the molecule is CCn1ncc(Cl)c1C1CCCCC1CNC(C)(C)C. The first kappa shape index (κ1) is 15.8. The summed E-state index contributed by atoms with van der Waals surface area (Å²) in [6.45, 7) is 10.8. The van der Waals surface area contributed by atoms with E-state index in [1.807, 2.05) is 6.20 Å². The summed E-state index contributed by atoms with van der Waals surface area (Å²) in [6.07, 6.45) is 6.98. The summed E-state index contributed by atoms with van der Waals surface area (Å²) in [5, 5.41) is 8.93. The summed E-state index contributed by atoms with van der Waals surface area (Å²) in [5.41, 5.74) is 1.44. The van der Waals surface area contributed by atoms with Crippen molar-refractivity contribution in [2.75, 3.05) is 6.54 Å². The molecule has 1 fully saturated rings. The Morgan fingerprint density at radius 1 is 1.35 bits per heavy atom. The molecule has 0 saturated heterocycles. The molecule has 1 aromatic heterocycles. The number of hydrogen-bond acceptors (Lipinski definition) is 2. The lowest BCUT2D eigenvalue weighted by Crippen LogP contribution is -2.41. The van der Waals surface area contributed by atoms with Gasteiger partial charge in [0.2, 0.25) is 0 Å². The highest BCUT2D eigenvalue weighted by Crippen LogP contribution is 2.40. The Morgan fingerprint density at radius 2 is 2.05 bits per heavy atom. The maximum absolute atomic E-state index is 6.41. The third kappa shape index (κ3) is 3.76. The van der Waals surface area contributed by atoms with Gasteiger partial charge in [-0.1, -0.05) is 24.4 Å². The van der Waals surface area contributed by atoms with E-state index in [9.17, 15) is 0 Å². The van der Waals surface area contributed by atoms with Gasteiger partial charge in [-0.3, -0.25) is 4.68 Å². The van der Waals surface area contributed by atoms with E-state index < -0.39 is 0 Å². The van der Waals surface area contributed by atoms with Crippen LogP contribution in [0.3, 0.4) is 0 Å². The molecule has 2 atom stereocenters. The second-order valence-corrected chi connectivity index (χ2v) is 7.38. The van der Waals surface area contributed by atoms with Gasteiger partial charge in [0.25, 0.3) is 0 Å². The second kappa shape index (κ2) is 6.48. The average molecular weight is 298 g/mol. The molecule has 1 heterocycles. The minimum atomic E-state index is 0.177. The van der Waals surface area contributed by atoms with Gasteiger partial charge >= 0.3 is 0 Å². The summed E-state index contributed by atoms with van der Waals surface area (Å²) in [4.78, 5) is 0. The minimum Gasteiger partial charge on any atom is -0.312 e. The van der Waals surface area contributed by atoms with Gasteiger partial charge in [0, 0.05) is 18.0 Å². The predicted molar refractivity (Wildman–Crippen MR) is 85.4 cm³/mol. The Labute approximate surface area is 128 Å². The maximum atomic E-state index is 6.41. The lowest BCUT2D eigenvalue weighted by atomic mass is 9.77. The molecule has 1 N–H and O–H groups in total. The van der Waals surface area contributed by atoms with Gasteiger partial charge in [-0.2, -0.15) is 5.10 Å². The molecule has 2 unspecified atom stereocenters. The van der Waals surface area contributed by atoms with Crippen LogP contribution >= 0.6 is 11.6 Å². The molecule has 20 heavy (non-hydrogen) atoms. The topological polar surface area (TPSA) is 29.9 Å².